The number of carbonyl (C=O) groups excluding carboxylic acids is 1. The monoisotopic (exact) mass is 235 g/mol. The molecule has 3 N–H and O–H groups in total. The van der Waals surface area contributed by atoms with E-state index in [1.165, 1.54) is 7.11 Å². The lowest BCUT2D eigenvalue weighted by molar-refractivity contribution is -0.141. The smallest absolute Gasteiger partial charge is 0.328 e. The van der Waals surface area contributed by atoms with Crippen molar-refractivity contribution < 1.29 is 13.9 Å². The van der Waals surface area contributed by atoms with Crippen LogP contribution in [0.3, 0.4) is 0 Å². The van der Waals surface area contributed by atoms with Crippen LogP contribution in [-0.4, -0.2) is 24.1 Å². The van der Waals surface area contributed by atoms with Crippen molar-refractivity contribution in [2.45, 2.75) is 13.0 Å². The third kappa shape index (κ3) is 2.30. The van der Waals surface area contributed by atoms with Crippen LogP contribution in [0.15, 0.2) is 22.6 Å². The first-order valence-corrected chi connectivity index (χ1v) is 5.10. The zero-order chi connectivity index (χ0) is 12.4. The summed E-state index contributed by atoms with van der Waals surface area (Å²) in [7, 11) is 1.33. The second kappa shape index (κ2) is 4.32. The van der Waals surface area contributed by atoms with E-state index in [0.717, 1.165) is 0 Å². The third-order valence-corrected chi connectivity index (χ3v) is 2.31. The molecule has 0 spiro atoms. The van der Waals surface area contributed by atoms with Crippen molar-refractivity contribution in [3.8, 4) is 0 Å². The number of anilines is 2. The van der Waals surface area contributed by atoms with Gasteiger partial charge in [0.2, 0.25) is 0 Å². The predicted molar refractivity (Wildman–Crippen MR) is 63.5 cm³/mol. The minimum atomic E-state index is -0.523. The summed E-state index contributed by atoms with van der Waals surface area (Å²) in [6, 6.07) is 4.91. The van der Waals surface area contributed by atoms with E-state index in [4.69, 9.17) is 10.2 Å². The predicted octanol–water partition coefficient (Wildman–Crippen LogP) is 1.38. The van der Waals surface area contributed by atoms with Gasteiger partial charge in [-0.25, -0.2) is 4.79 Å². The van der Waals surface area contributed by atoms with Gasteiger partial charge in [-0.1, -0.05) is 0 Å². The summed E-state index contributed by atoms with van der Waals surface area (Å²) in [5, 5.41) is 2.81. The molecule has 2 aromatic rings. The Labute approximate surface area is 97.8 Å². The number of methoxy groups -OCH3 is 1. The van der Waals surface area contributed by atoms with Gasteiger partial charge in [-0.2, -0.15) is 4.98 Å². The van der Waals surface area contributed by atoms with Crippen molar-refractivity contribution in [2.24, 2.45) is 0 Å². The molecule has 0 radical (unpaired) electrons. The first-order chi connectivity index (χ1) is 8.10. The summed E-state index contributed by atoms with van der Waals surface area (Å²) >= 11 is 0. The van der Waals surface area contributed by atoms with Crippen molar-refractivity contribution >= 4 is 28.8 Å². The molecule has 17 heavy (non-hydrogen) atoms. The van der Waals surface area contributed by atoms with Gasteiger partial charge in [0.1, 0.15) is 11.6 Å². The number of aromatic nitrogens is 1. The molecule has 0 amide bonds. The standard InChI is InChI=1S/C11H13N3O3/c1-6(10(15)16-2)13-11-14-8-4-3-7(12)5-9(8)17-11/h3-6H,12H2,1-2H3,(H,13,14). The van der Waals surface area contributed by atoms with E-state index in [2.05, 4.69) is 15.0 Å². The van der Waals surface area contributed by atoms with Crippen molar-refractivity contribution in [2.75, 3.05) is 18.2 Å². The molecule has 2 rings (SSSR count). The highest BCUT2D eigenvalue weighted by atomic mass is 16.5. The van der Waals surface area contributed by atoms with Gasteiger partial charge in [0.05, 0.1) is 7.11 Å². The fourth-order valence-corrected chi connectivity index (χ4v) is 1.42. The summed E-state index contributed by atoms with van der Waals surface area (Å²) in [6.07, 6.45) is 0. The lowest BCUT2D eigenvalue weighted by Crippen LogP contribution is -2.27. The largest absolute Gasteiger partial charge is 0.467 e. The van der Waals surface area contributed by atoms with E-state index >= 15 is 0 Å². The average Bonchev–Trinajstić information content (AvgIpc) is 2.69. The Kier molecular flexibility index (Phi) is 2.86. The van der Waals surface area contributed by atoms with Crippen LogP contribution in [0, 0.1) is 0 Å². The number of nitrogens with one attached hydrogen (secondary N) is 1. The number of hydrogen-bond acceptors (Lipinski definition) is 6. The molecular formula is C11H13N3O3. The number of rotatable bonds is 3. The Hall–Kier alpha value is -2.24. The number of hydrogen-bond donors (Lipinski definition) is 2. The van der Waals surface area contributed by atoms with E-state index in [0.29, 0.717) is 16.8 Å². The van der Waals surface area contributed by atoms with Crippen molar-refractivity contribution in [3.63, 3.8) is 0 Å². The van der Waals surface area contributed by atoms with Crippen molar-refractivity contribution in [1.82, 2.24) is 4.98 Å². The molecule has 0 aliphatic heterocycles. The quantitative estimate of drug-likeness (QED) is 0.617. The van der Waals surface area contributed by atoms with Gasteiger partial charge in [-0.15, -0.1) is 0 Å². The molecule has 1 aromatic heterocycles. The maximum Gasteiger partial charge on any atom is 0.328 e. The van der Waals surface area contributed by atoms with Gasteiger partial charge in [0, 0.05) is 11.8 Å². The van der Waals surface area contributed by atoms with E-state index in [9.17, 15) is 4.79 Å². The number of nitrogen functional groups attached to an aromatic ring is 1. The van der Waals surface area contributed by atoms with Gasteiger partial charge < -0.3 is 20.2 Å². The van der Waals surface area contributed by atoms with Crippen LogP contribution in [0.4, 0.5) is 11.7 Å². The highest BCUT2D eigenvalue weighted by Gasteiger charge is 2.15. The fraction of sp³-hybridized carbons (Fsp3) is 0.273. The van der Waals surface area contributed by atoms with Crippen LogP contribution in [0.25, 0.3) is 11.1 Å². The number of ether oxygens (including phenoxy) is 1. The number of oxazole rings is 1. The molecule has 90 valence electrons. The molecule has 0 fully saturated rings. The number of nitrogens with zero attached hydrogens (tertiary/aromatic N) is 1. The summed E-state index contributed by atoms with van der Waals surface area (Å²) < 4.78 is 9.99. The lowest BCUT2D eigenvalue weighted by atomic mass is 10.3. The average molecular weight is 235 g/mol. The Morgan fingerprint density at radius 1 is 1.59 bits per heavy atom. The van der Waals surface area contributed by atoms with Gasteiger partial charge in [0.25, 0.3) is 6.01 Å². The summed E-state index contributed by atoms with van der Waals surface area (Å²) in [6.45, 7) is 1.66. The fourth-order valence-electron chi connectivity index (χ4n) is 1.42. The molecule has 0 bridgehead atoms. The SMILES string of the molecule is COC(=O)C(C)Nc1nc2ccc(N)cc2o1. The maximum atomic E-state index is 11.2. The van der Waals surface area contributed by atoms with Crippen LogP contribution in [0.2, 0.25) is 0 Å². The molecule has 0 saturated heterocycles. The van der Waals surface area contributed by atoms with Crippen LogP contribution in [-0.2, 0) is 9.53 Å². The lowest BCUT2D eigenvalue weighted by Gasteiger charge is -2.08. The molecule has 1 aromatic carbocycles. The molecule has 0 aliphatic carbocycles. The highest BCUT2D eigenvalue weighted by molar-refractivity contribution is 5.80. The zero-order valence-corrected chi connectivity index (χ0v) is 9.56. The molecule has 1 heterocycles. The third-order valence-electron chi connectivity index (χ3n) is 2.31. The minimum absolute atomic E-state index is 0.267. The van der Waals surface area contributed by atoms with Crippen LogP contribution in [0.5, 0.6) is 0 Å². The topological polar surface area (TPSA) is 90.4 Å². The van der Waals surface area contributed by atoms with Gasteiger partial charge in [-0.3, -0.25) is 0 Å². The second-order valence-corrected chi connectivity index (χ2v) is 3.64. The van der Waals surface area contributed by atoms with Crippen LogP contribution < -0.4 is 11.1 Å². The Bertz CT molecular complexity index is 550. The minimum Gasteiger partial charge on any atom is -0.467 e. The Balaban J connectivity index is 2.22. The van der Waals surface area contributed by atoms with Crippen LogP contribution in [0.1, 0.15) is 6.92 Å². The number of fused-ring (bicyclic) bond motifs is 1. The number of carbonyl (C=O) groups is 1. The molecule has 1 unspecified atom stereocenters. The Morgan fingerprint density at radius 2 is 2.35 bits per heavy atom. The van der Waals surface area contributed by atoms with Gasteiger partial charge >= 0.3 is 5.97 Å². The molecule has 1 atom stereocenters. The second-order valence-electron chi connectivity index (χ2n) is 3.64. The first kappa shape index (κ1) is 11.3. The summed E-state index contributed by atoms with van der Waals surface area (Å²) in [5.74, 6) is -0.383. The highest BCUT2D eigenvalue weighted by Crippen LogP contribution is 2.21. The molecule has 6 nitrogen and oxygen atoms in total. The number of nitrogens with two attached hydrogens (primary N) is 1. The summed E-state index contributed by atoms with van der Waals surface area (Å²) in [5.41, 5.74) is 7.47. The first-order valence-electron chi connectivity index (χ1n) is 5.10. The van der Waals surface area contributed by atoms with E-state index in [1.54, 1.807) is 25.1 Å². The van der Waals surface area contributed by atoms with Gasteiger partial charge in [-0.05, 0) is 19.1 Å². The number of benzene rings is 1. The Morgan fingerprint density at radius 3 is 3.06 bits per heavy atom. The molecular weight excluding hydrogens is 222 g/mol. The van der Waals surface area contributed by atoms with Crippen molar-refractivity contribution in [1.29, 1.82) is 0 Å². The molecule has 0 saturated carbocycles. The molecule has 6 heteroatoms. The van der Waals surface area contributed by atoms with E-state index in [-0.39, 0.29) is 12.0 Å². The van der Waals surface area contributed by atoms with E-state index in [1.807, 2.05) is 0 Å². The van der Waals surface area contributed by atoms with Crippen molar-refractivity contribution in [3.05, 3.63) is 18.2 Å². The normalized spacial score (nSPS) is 12.4. The van der Waals surface area contributed by atoms with Gasteiger partial charge in [0.15, 0.2) is 5.58 Å². The molecule has 0 aliphatic rings. The number of esters is 1. The zero-order valence-electron chi connectivity index (χ0n) is 9.56. The maximum absolute atomic E-state index is 11.2. The van der Waals surface area contributed by atoms with E-state index < -0.39 is 6.04 Å². The summed E-state index contributed by atoms with van der Waals surface area (Å²) in [4.78, 5) is 15.4. The van der Waals surface area contributed by atoms with Crippen LogP contribution >= 0.6 is 0 Å².